The predicted octanol–water partition coefficient (Wildman–Crippen LogP) is 4.06. The third kappa shape index (κ3) is 5.03. The van der Waals surface area contributed by atoms with Crippen LogP contribution in [0.2, 0.25) is 0 Å². The van der Waals surface area contributed by atoms with Crippen LogP contribution in [-0.4, -0.2) is 26.6 Å². The third-order valence-electron chi connectivity index (χ3n) is 4.17. The fourth-order valence-electron chi connectivity index (χ4n) is 2.82. The zero-order chi connectivity index (χ0) is 21.1. The van der Waals surface area contributed by atoms with E-state index in [0.29, 0.717) is 22.5 Å². The first-order valence-corrected chi connectivity index (χ1v) is 10.4. The number of carbonyl (C=O) groups excluding carboxylic acids is 1. The SMILES string of the molecule is CCc1ccccc1NC(=O)C(C)N(c1cccc(C(F)(F)F)c1)S(C)(=O)=O. The summed E-state index contributed by atoms with van der Waals surface area (Å²) >= 11 is 0. The Hall–Kier alpha value is -2.55. The molecule has 0 radical (unpaired) electrons. The minimum atomic E-state index is -4.63. The second kappa shape index (κ2) is 8.22. The van der Waals surface area contributed by atoms with Crippen LogP contribution in [0.4, 0.5) is 24.5 Å². The van der Waals surface area contributed by atoms with Crippen LogP contribution in [0.1, 0.15) is 25.0 Å². The van der Waals surface area contributed by atoms with Crippen molar-refractivity contribution in [3.05, 3.63) is 59.7 Å². The van der Waals surface area contributed by atoms with Gasteiger partial charge in [-0.25, -0.2) is 8.42 Å². The lowest BCUT2D eigenvalue weighted by Crippen LogP contribution is -2.45. The molecule has 2 aromatic rings. The highest BCUT2D eigenvalue weighted by molar-refractivity contribution is 7.92. The molecule has 0 aliphatic heterocycles. The smallest absolute Gasteiger partial charge is 0.324 e. The largest absolute Gasteiger partial charge is 0.416 e. The van der Waals surface area contributed by atoms with E-state index in [1.807, 2.05) is 19.1 Å². The first kappa shape index (κ1) is 21.7. The van der Waals surface area contributed by atoms with Crippen LogP contribution >= 0.6 is 0 Å². The number of aryl methyl sites for hydroxylation is 1. The standard InChI is InChI=1S/C19H21F3N2O3S/c1-4-14-8-5-6-11-17(14)23-18(25)13(2)24(28(3,26)27)16-10-7-9-15(12-16)19(20,21)22/h5-13H,4H2,1-3H3,(H,23,25). The van der Waals surface area contributed by atoms with Gasteiger partial charge < -0.3 is 5.32 Å². The summed E-state index contributed by atoms with van der Waals surface area (Å²) in [6.07, 6.45) is -3.14. The van der Waals surface area contributed by atoms with E-state index < -0.39 is 33.7 Å². The molecule has 0 fully saturated rings. The van der Waals surface area contributed by atoms with Crippen molar-refractivity contribution in [1.29, 1.82) is 0 Å². The molecule has 1 unspecified atom stereocenters. The van der Waals surface area contributed by atoms with Crippen molar-refractivity contribution in [1.82, 2.24) is 0 Å². The van der Waals surface area contributed by atoms with E-state index in [4.69, 9.17) is 0 Å². The normalized spacial score (nSPS) is 13.1. The fraction of sp³-hybridized carbons (Fsp3) is 0.316. The van der Waals surface area contributed by atoms with Crippen molar-refractivity contribution in [2.45, 2.75) is 32.5 Å². The van der Waals surface area contributed by atoms with Gasteiger partial charge in [0.15, 0.2) is 0 Å². The summed E-state index contributed by atoms with van der Waals surface area (Å²) in [4.78, 5) is 12.7. The second-order valence-corrected chi connectivity index (χ2v) is 8.14. The van der Waals surface area contributed by atoms with E-state index in [2.05, 4.69) is 5.32 Å². The molecule has 2 rings (SSSR count). The van der Waals surface area contributed by atoms with Crippen molar-refractivity contribution in [2.24, 2.45) is 0 Å². The number of anilines is 2. The molecule has 0 spiro atoms. The maximum Gasteiger partial charge on any atom is 0.416 e. The van der Waals surface area contributed by atoms with Gasteiger partial charge in [0, 0.05) is 5.69 Å². The number of nitrogens with one attached hydrogen (secondary N) is 1. The van der Waals surface area contributed by atoms with E-state index in [1.54, 1.807) is 12.1 Å². The van der Waals surface area contributed by atoms with Crippen LogP contribution in [0.3, 0.4) is 0 Å². The Labute approximate surface area is 162 Å². The van der Waals surface area contributed by atoms with Crippen LogP contribution in [0.25, 0.3) is 0 Å². The zero-order valence-electron chi connectivity index (χ0n) is 15.6. The van der Waals surface area contributed by atoms with Gasteiger partial charge in [0.25, 0.3) is 0 Å². The van der Waals surface area contributed by atoms with Crippen molar-refractivity contribution in [2.75, 3.05) is 15.9 Å². The minimum absolute atomic E-state index is 0.233. The molecular formula is C19H21F3N2O3S. The van der Waals surface area contributed by atoms with Crippen LogP contribution in [0.15, 0.2) is 48.5 Å². The highest BCUT2D eigenvalue weighted by Gasteiger charge is 2.34. The molecule has 0 aromatic heterocycles. The molecule has 0 saturated carbocycles. The maximum absolute atomic E-state index is 13.0. The van der Waals surface area contributed by atoms with Gasteiger partial charge in [-0.2, -0.15) is 13.2 Å². The first-order chi connectivity index (χ1) is 12.9. The van der Waals surface area contributed by atoms with Crippen molar-refractivity contribution >= 4 is 27.3 Å². The Kier molecular flexibility index (Phi) is 6.38. The summed E-state index contributed by atoms with van der Waals surface area (Å²) in [5, 5.41) is 2.66. The molecule has 9 heteroatoms. The lowest BCUT2D eigenvalue weighted by Gasteiger charge is -2.29. The van der Waals surface area contributed by atoms with Gasteiger partial charge in [0.2, 0.25) is 15.9 Å². The number of alkyl halides is 3. The van der Waals surface area contributed by atoms with E-state index in [0.717, 1.165) is 24.0 Å². The van der Waals surface area contributed by atoms with Gasteiger partial charge in [-0.1, -0.05) is 31.2 Å². The van der Waals surface area contributed by atoms with Crippen LogP contribution < -0.4 is 9.62 Å². The number of rotatable bonds is 6. The molecular weight excluding hydrogens is 393 g/mol. The van der Waals surface area contributed by atoms with Crippen LogP contribution in [0.5, 0.6) is 0 Å². The molecule has 0 aliphatic rings. The Balaban J connectivity index is 2.40. The number of sulfonamides is 1. The Morgan fingerprint density at radius 3 is 2.36 bits per heavy atom. The lowest BCUT2D eigenvalue weighted by atomic mass is 10.1. The number of nitrogens with zero attached hydrogens (tertiary/aromatic N) is 1. The molecule has 0 bridgehead atoms. The molecule has 0 aliphatic carbocycles. The van der Waals surface area contributed by atoms with Gasteiger partial charge in [-0.15, -0.1) is 0 Å². The van der Waals surface area contributed by atoms with E-state index in [9.17, 15) is 26.4 Å². The Bertz CT molecular complexity index is 959. The molecule has 1 atom stereocenters. The average molecular weight is 414 g/mol. The van der Waals surface area contributed by atoms with E-state index >= 15 is 0 Å². The number of para-hydroxylation sites is 1. The number of halogens is 3. The summed E-state index contributed by atoms with van der Waals surface area (Å²) in [7, 11) is -4.03. The monoisotopic (exact) mass is 414 g/mol. The minimum Gasteiger partial charge on any atom is -0.324 e. The third-order valence-corrected chi connectivity index (χ3v) is 5.41. The van der Waals surface area contributed by atoms with Gasteiger partial charge in [-0.05, 0) is 43.2 Å². The number of benzene rings is 2. The summed E-state index contributed by atoms with van der Waals surface area (Å²) in [5.74, 6) is -0.649. The van der Waals surface area contributed by atoms with Crippen LogP contribution in [0, 0.1) is 0 Å². The predicted molar refractivity (Wildman–Crippen MR) is 103 cm³/mol. The topological polar surface area (TPSA) is 66.5 Å². The van der Waals surface area contributed by atoms with E-state index in [-0.39, 0.29) is 5.69 Å². The van der Waals surface area contributed by atoms with E-state index in [1.165, 1.54) is 13.0 Å². The van der Waals surface area contributed by atoms with Crippen molar-refractivity contribution < 1.29 is 26.4 Å². The molecule has 0 heterocycles. The first-order valence-electron chi connectivity index (χ1n) is 8.50. The summed E-state index contributed by atoms with van der Waals surface area (Å²) < 4.78 is 64.3. The van der Waals surface area contributed by atoms with Gasteiger partial charge in [-0.3, -0.25) is 9.10 Å². The van der Waals surface area contributed by atoms with Crippen LogP contribution in [-0.2, 0) is 27.4 Å². The molecule has 1 N–H and O–H groups in total. The zero-order valence-corrected chi connectivity index (χ0v) is 16.4. The molecule has 2 aromatic carbocycles. The molecule has 28 heavy (non-hydrogen) atoms. The van der Waals surface area contributed by atoms with Gasteiger partial charge in [0.05, 0.1) is 17.5 Å². The molecule has 152 valence electrons. The molecule has 0 saturated heterocycles. The summed E-state index contributed by atoms with van der Waals surface area (Å²) in [6, 6.07) is 9.65. The maximum atomic E-state index is 13.0. The highest BCUT2D eigenvalue weighted by Crippen LogP contribution is 2.33. The lowest BCUT2D eigenvalue weighted by molar-refractivity contribution is -0.137. The number of hydrogen-bond acceptors (Lipinski definition) is 3. The van der Waals surface area contributed by atoms with Gasteiger partial charge >= 0.3 is 6.18 Å². The number of carbonyl (C=O) groups is 1. The van der Waals surface area contributed by atoms with Crippen molar-refractivity contribution in [3.8, 4) is 0 Å². The molecule has 1 amide bonds. The Morgan fingerprint density at radius 1 is 1.14 bits per heavy atom. The number of hydrogen-bond donors (Lipinski definition) is 1. The second-order valence-electron chi connectivity index (χ2n) is 6.28. The molecule has 5 nitrogen and oxygen atoms in total. The van der Waals surface area contributed by atoms with Crippen molar-refractivity contribution in [3.63, 3.8) is 0 Å². The Morgan fingerprint density at radius 2 is 1.79 bits per heavy atom. The average Bonchev–Trinajstić information content (AvgIpc) is 2.60. The highest BCUT2D eigenvalue weighted by atomic mass is 32.2. The van der Waals surface area contributed by atoms with Gasteiger partial charge in [0.1, 0.15) is 6.04 Å². The number of amides is 1. The summed E-state index contributed by atoms with van der Waals surface area (Å²) in [5.41, 5.74) is 0.152. The fourth-order valence-corrected chi connectivity index (χ4v) is 3.98. The summed E-state index contributed by atoms with van der Waals surface area (Å²) in [6.45, 7) is 3.23. The quantitative estimate of drug-likeness (QED) is 0.775.